The molecule has 2 amide bonds. The fourth-order valence-electron chi connectivity index (χ4n) is 6.77. The number of cyclic esters (lactones) is 1. The lowest BCUT2D eigenvalue weighted by Gasteiger charge is -2.20. The summed E-state index contributed by atoms with van der Waals surface area (Å²) >= 11 is 0. The first kappa shape index (κ1) is 46.7. The van der Waals surface area contributed by atoms with Gasteiger partial charge in [-0.25, -0.2) is 19.4 Å². The Morgan fingerprint density at radius 2 is 1.68 bits per heavy atom. The fraction of sp³-hybridized carbons (Fsp3) is 0.537. The van der Waals surface area contributed by atoms with Crippen LogP contribution in [-0.4, -0.2) is 104 Å². The van der Waals surface area contributed by atoms with Gasteiger partial charge >= 0.3 is 23.7 Å². The van der Waals surface area contributed by atoms with Crippen LogP contribution in [0.2, 0.25) is 0 Å². The molecule has 328 valence electrons. The predicted molar refractivity (Wildman–Crippen MR) is 218 cm³/mol. The number of methoxy groups -OCH3 is 3. The molecule has 4 rings (SSSR count). The van der Waals surface area contributed by atoms with Gasteiger partial charge in [-0.15, -0.1) is 0 Å². The van der Waals surface area contributed by atoms with Crippen LogP contribution in [0.25, 0.3) is 11.2 Å². The van der Waals surface area contributed by atoms with Crippen LogP contribution in [0, 0.1) is 12.8 Å². The number of esters is 2. The van der Waals surface area contributed by atoms with Gasteiger partial charge in [0, 0.05) is 58.3 Å². The van der Waals surface area contributed by atoms with Crippen LogP contribution >= 0.6 is 0 Å². The summed E-state index contributed by atoms with van der Waals surface area (Å²) in [7, 11) is 7.38. The number of aromatic nitrogens is 4. The Balaban J connectivity index is 1.23. The van der Waals surface area contributed by atoms with Gasteiger partial charge in [-0.05, 0) is 58.1 Å². The minimum absolute atomic E-state index is 0.0351. The first-order chi connectivity index (χ1) is 28.7. The number of hydrogen-bond acceptors (Lipinski definition) is 14. The average molecular weight is 841 g/mol. The molecule has 19 nitrogen and oxygen atoms in total. The normalized spacial score (nSPS) is 13.2. The molecule has 0 spiro atoms. The molecule has 1 aliphatic heterocycles. The van der Waals surface area contributed by atoms with Crippen molar-refractivity contribution >= 4 is 35.1 Å². The Kier molecular flexibility index (Phi) is 17.5. The maximum absolute atomic E-state index is 12.8. The Morgan fingerprint density at radius 1 is 0.967 bits per heavy atom. The number of aromatic amines is 1. The summed E-state index contributed by atoms with van der Waals surface area (Å²) in [6, 6.07) is 0. The van der Waals surface area contributed by atoms with Crippen molar-refractivity contribution in [1.29, 1.82) is 0 Å². The second-order valence-corrected chi connectivity index (χ2v) is 14.3. The topological polar surface area (TPSA) is 230 Å². The van der Waals surface area contributed by atoms with Crippen molar-refractivity contribution in [1.82, 2.24) is 29.7 Å². The van der Waals surface area contributed by atoms with Crippen molar-refractivity contribution < 1.29 is 52.3 Å². The van der Waals surface area contributed by atoms with Crippen molar-refractivity contribution in [3.63, 3.8) is 0 Å². The van der Waals surface area contributed by atoms with E-state index < -0.39 is 35.2 Å². The second-order valence-electron chi connectivity index (χ2n) is 14.3. The number of rotatable bonds is 23. The lowest BCUT2D eigenvalue weighted by molar-refractivity contribution is -0.145. The molecule has 19 heteroatoms. The van der Waals surface area contributed by atoms with Gasteiger partial charge in [0.15, 0.2) is 12.4 Å². The molecule has 1 aromatic carbocycles. The Bertz CT molecular complexity index is 2220. The van der Waals surface area contributed by atoms with Crippen molar-refractivity contribution in [2.45, 2.75) is 65.9 Å². The Labute approximate surface area is 347 Å². The van der Waals surface area contributed by atoms with Gasteiger partial charge in [0.25, 0.3) is 5.56 Å². The van der Waals surface area contributed by atoms with E-state index in [0.29, 0.717) is 79.3 Å². The second kappa shape index (κ2) is 22.4. The number of carbonyl (C=O) groups is 4. The highest BCUT2D eigenvalue weighted by Crippen LogP contribution is 2.43. The zero-order valence-electron chi connectivity index (χ0n) is 35.6. The summed E-state index contributed by atoms with van der Waals surface area (Å²) in [4.78, 5) is 82.0. The summed E-state index contributed by atoms with van der Waals surface area (Å²) in [5.41, 5.74) is 3.71. The Morgan fingerprint density at radius 3 is 2.38 bits per heavy atom. The number of alkyl carbamates (subject to hydrolysis) is 1. The number of imidazole rings is 1. The van der Waals surface area contributed by atoms with E-state index in [9.17, 15) is 28.8 Å². The molecule has 0 fully saturated rings. The molecule has 0 radical (unpaired) electrons. The minimum Gasteiger partial charge on any atom is -0.496 e. The van der Waals surface area contributed by atoms with E-state index in [1.165, 1.54) is 25.8 Å². The molecular formula is C41H56N6O13. The summed E-state index contributed by atoms with van der Waals surface area (Å²) in [6.45, 7) is 6.57. The number of fused-ring (bicyclic) bond motifs is 2. The molecule has 60 heavy (non-hydrogen) atoms. The number of carbonyl (C=O) groups excluding carboxylic acids is 4. The first-order valence-electron chi connectivity index (χ1n) is 19.5. The molecule has 3 N–H and O–H groups in total. The molecule has 3 aromatic rings. The highest BCUT2D eigenvalue weighted by atomic mass is 16.7. The smallest absolute Gasteiger partial charge is 0.407 e. The van der Waals surface area contributed by atoms with E-state index in [2.05, 4.69) is 20.6 Å². The van der Waals surface area contributed by atoms with E-state index in [-0.39, 0.29) is 56.6 Å². The number of benzene rings is 1. The summed E-state index contributed by atoms with van der Waals surface area (Å²) in [5.74, 6) is -0.234. The van der Waals surface area contributed by atoms with Crippen molar-refractivity contribution in [2.75, 3.05) is 61.0 Å². The maximum atomic E-state index is 12.8. The minimum atomic E-state index is -0.669. The average Bonchev–Trinajstić information content (AvgIpc) is 3.84. The standard InChI is InChI=1S/C41H56N6O13/c1-24(12-13-28-34(55-7)26(3)29-22-59-39(51)32(29)35(28)60-23-57-19-18-54-6)20-27(38(50)56-8)21-25(2)14-17-58-40(52)43-16-15-42-31(48)11-9-10-30-44-33-36(45-30)46(4)41(53)47(5)37(33)49/h12,14,27H,9-11,13,15-23H2,1-8H3,(H,42,48)(H,43,52)(H,44,45)/b24-12+,25-14+. The van der Waals surface area contributed by atoms with E-state index in [4.69, 9.17) is 33.2 Å². The highest BCUT2D eigenvalue weighted by Gasteiger charge is 2.33. The quantitative estimate of drug-likeness (QED) is 0.0410. The van der Waals surface area contributed by atoms with Crippen LogP contribution in [0.1, 0.15) is 72.4 Å². The fourth-order valence-corrected chi connectivity index (χ4v) is 6.77. The van der Waals surface area contributed by atoms with E-state index in [1.54, 1.807) is 20.3 Å². The van der Waals surface area contributed by atoms with Crippen LogP contribution in [0.5, 0.6) is 11.5 Å². The zero-order valence-corrected chi connectivity index (χ0v) is 35.6. The third-order valence-corrected chi connectivity index (χ3v) is 9.99. The lowest BCUT2D eigenvalue weighted by Crippen LogP contribution is -2.36. The first-order valence-corrected chi connectivity index (χ1v) is 19.5. The predicted octanol–water partition coefficient (Wildman–Crippen LogP) is 2.82. The molecule has 1 atom stereocenters. The van der Waals surface area contributed by atoms with Crippen molar-refractivity contribution in [2.24, 2.45) is 20.0 Å². The van der Waals surface area contributed by atoms with Gasteiger partial charge < -0.3 is 48.8 Å². The molecule has 1 aliphatic rings. The summed E-state index contributed by atoms with van der Waals surface area (Å²) in [5, 5.41) is 5.31. The number of amides is 2. The highest BCUT2D eigenvalue weighted by molar-refractivity contribution is 5.98. The molecule has 0 bridgehead atoms. The number of H-pyrrole nitrogens is 1. The monoisotopic (exact) mass is 840 g/mol. The molecule has 3 heterocycles. The number of aryl methyl sites for hydroxylation is 2. The van der Waals surface area contributed by atoms with Gasteiger partial charge in [0.2, 0.25) is 5.91 Å². The van der Waals surface area contributed by atoms with Gasteiger partial charge in [0.1, 0.15) is 41.6 Å². The van der Waals surface area contributed by atoms with Gasteiger partial charge in [0.05, 0.1) is 33.4 Å². The zero-order chi connectivity index (χ0) is 43.9. The third kappa shape index (κ3) is 12.1. The van der Waals surface area contributed by atoms with Gasteiger partial charge in [-0.2, -0.15) is 0 Å². The summed E-state index contributed by atoms with van der Waals surface area (Å²) < 4.78 is 40.3. The van der Waals surface area contributed by atoms with Crippen LogP contribution in [0.15, 0.2) is 32.9 Å². The van der Waals surface area contributed by atoms with Crippen LogP contribution < -0.4 is 31.4 Å². The molecule has 2 aromatic heterocycles. The van der Waals surface area contributed by atoms with Crippen LogP contribution in [0.4, 0.5) is 4.79 Å². The SMILES string of the molecule is COCCOCOc1c(C/C=C(\C)CC(C/C(C)=C/COC(=O)NCCNC(=O)CCCc2nc3c([nH]2)c(=O)n(C)c(=O)n3C)C(=O)OC)c(OC)c(C)c2c1C(=O)OC2. The molecular weight excluding hydrogens is 784 g/mol. The summed E-state index contributed by atoms with van der Waals surface area (Å²) in [6.07, 6.45) is 5.08. The Hall–Kier alpha value is -5.95. The van der Waals surface area contributed by atoms with E-state index in [1.807, 2.05) is 26.8 Å². The molecule has 0 saturated heterocycles. The number of nitrogens with zero attached hydrogens (tertiary/aromatic N) is 3. The van der Waals surface area contributed by atoms with E-state index in [0.717, 1.165) is 21.3 Å². The number of hydrogen-bond donors (Lipinski definition) is 3. The maximum Gasteiger partial charge on any atom is 0.407 e. The van der Waals surface area contributed by atoms with Crippen molar-refractivity contribution in [3.8, 4) is 11.5 Å². The lowest BCUT2D eigenvalue weighted by atomic mass is 9.91. The van der Waals surface area contributed by atoms with Gasteiger partial charge in [-0.3, -0.25) is 23.5 Å². The van der Waals surface area contributed by atoms with Crippen LogP contribution in [0.3, 0.4) is 0 Å². The van der Waals surface area contributed by atoms with Gasteiger partial charge in [-0.1, -0.05) is 17.2 Å². The third-order valence-electron chi connectivity index (χ3n) is 9.99. The largest absolute Gasteiger partial charge is 0.496 e. The number of nitrogens with one attached hydrogen (secondary N) is 3. The van der Waals surface area contributed by atoms with Crippen LogP contribution in [-0.2, 0) is 66.8 Å². The number of ether oxygens (including phenoxy) is 7. The molecule has 1 unspecified atom stereocenters. The molecule has 0 saturated carbocycles. The molecule has 0 aliphatic carbocycles. The van der Waals surface area contributed by atoms with Crippen molar-refractivity contribution in [3.05, 3.63) is 72.2 Å². The number of allylic oxidation sites excluding steroid dienone is 3. The van der Waals surface area contributed by atoms with E-state index >= 15 is 0 Å².